The topological polar surface area (TPSA) is 66.5 Å². The number of morpholine rings is 1. The van der Waals surface area contributed by atoms with E-state index in [1.54, 1.807) is 0 Å². The van der Waals surface area contributed by atoms with Crippen LogP contribution in [0, 0.1) is 11.8 Å². The molecule has 0 saturated carbocycles. The molecule has 1 aromatic heterocycles. The van der Waals surface area contributed by atoms with Crippen molar-refractivity contribution in [2.45, 2.75) is 32.7 Å². The Bertz CT molecular complexity index is 554. The van der Waals surface area contributed by atoms with Crippen molar-refractivity contribution in [3.8, 4) is 0 Å². The molecule has 0 aromatic carbocycles. The summed E-state index contributed by atoms with van der Waals surface area (Å²) in [6, 6.07) is 4.04. The number of nitrogens with one attached hydrogen (secondary N) is 2. The van der Waals surface area contributed by atoms with E-state index in [4.69, 9.17) is 4.74 Å². The zero-order valence-electron chi connectivity index (χ0n) is 15.2. The summed E-state index contributed by atoms with van der Waals surface area (Å²) < 4.78 is 5.39. The number of carbonyl (C=O) groups excluding carboxylic acids is 1. The molecule has 2 aliphatic rings. The van der Waals surface area contributed by atoms with Crippen molar-refractivity contribution in [2.24, 2.45) is 11.8 Å². The van der Waals surface area contributed by atoms with Crippen LogP contribution < -0.4 is 15.5 Å². The highest BCUT2D eigenvalue weighted by molar-refractivity contribution is 5.76. The fraction of sp³-hybridized carbons (Fsp3) is 0.684. The third-order valence-electron chi connectivity index (χ3n) is 5.28. The van der Waals surface area contributed by atoms with Crippen LogP contribution in [0.15, 0.2) is 18.3 Å². The van der Waals surface area contributed by atoms with Gasteiger partial charge >= 0.3 is 0 Å². The maximum Gasteiger partial charge on any atom is 0.220 e. The summed E-state index contributed by atoms with van der Waals surface area (Å²) in [6.45, 7) is 8.15. The number of anilines is 1. The first-order valence-electron chi connectivity index (χ1n) is 9.47. The number of pyridine rings is 1. The highest BCUT2D eigenvalue weighted by atomic mass is 16.5. The lowest BCUT2D eigenvalue weighted by Gasteiger charge is -2.28. The molecular formula is C19H30N4O2. The molecule has 138 valence electrons. The lowest BCUT2D eigenvalue weighted by molar-refractivity contribution is -0.122. The minimum Gasteiger partial charge on any atom is -0.378 e. The van der Waals surface area contributed by atoms with Gasteiger partial charge in [0.05, 0.1) is 13.2 Å². The van der Waals surface area contributed by atoms with E-state index >= 15 is 0 Å². The number of hydrogen-bond acceptors (Lipinski definition) is 5. The van der Waals surface area contributed by atoms with Crippen molar-refractivity contribution < 1.29 is 9.53 Å². The molecule has 0 spiro atoms. The number of aromatic nitrogens is 1. The SMILES string of the molecule is CC(CC(=O)NCc1ccnc(N2CCOCC2)c1)C1CCCNC1. The Balaban J connectivity index is 1.46. The molecule has 1 aromatic rings. The van der Waals surface area contributed by atoms with Gasteiger partial charge in [0.2, 0.25) is 5.91 Å². The van der Waals surface area contributed by atoms with Gasteiger partial charge in [-0.1, -0.05) is 6.92 Å². The van der Waals surface area contributed by atoms with E-state index in [1.807, 2.05) is 12.3 Å². The molecular weight excluding hydrogens is 316 g/mol. The minimum atomic E-state index is 0.141. The van der Waals surface area contributed by atoms with Crippen LogP contribution in [0.25, 0.3) is 0 Å². The number of amides is 1. The van der Waals surface area contributed by atoms with Gasteiger partial charge < -0.3 is 20.3 Å². The molecule has 1 amide bonds. The van der Waals surface area contributed by atoms with Crippen LogP contribution in [0.3, 0.4) is 0 Å². The van der Waals surface area contributed by atoms with Crippen molar-refractivity contribution >= 4 is 11.7 Å². The number of nitrogens with zero attached hydrogens (tertiary/aromatic N) is 2. The van der Waals surface area contributed by atoms with E-state index in [1.165, 1.54) is 12.8 Å². The smallest absolute Gasteiger partial charge is 0.220 e. The molecule has 2 saturated heterocycles. The fourth-order valence-corrected chi connectivity index (χ4v) is 3.63. The Kier molecular flexibility index (Phi) is 6.64. The molecule has 2 aliphatic heterocycles. The average Bonchev–Trinajstić information content (AvgIpc) is 2.68. The van der Waals surface area contributed by atoms with Crippen LogP contribution in [0.5, 0.6) is 0 Å². The molecule has 0 aliphatic carbocycles. The summed E-state index contributed by atoms with van der Waals surface area (Å²) in [4.78, 5) is 19.0. The predicted octanol–water partition coefficient (Wildman–Crippen LogP) is 1.56. The van der Waals surface area contributed by atoms with E-state index in [2.05, 4.69) is 33.5 Å². The molecule has 0 bridgehead atoms. The Morgan fingerprint density at radius 1 is 1.48 bits per heavy atom. The third-order valence-corrected chi connectivity index (χ3v) is 5.28. The molecule has 6 heteroatoms. The highest BCUT2D eigenvalue weighted by Crippen LogP contribution is 2.22. The summed E-state index contributed by atoms with van der Waals surface area (Å²) in [6.07, 6.45) is 4.88. The van der Waals surface area contributed by atoms with Gasteiger partial charge in [0, 0.05) is 32.3 Å². The molecule has 2 unspecified atom stereocenters. The van der Waals surface area contributed by atoms with E-state index in [0.29, 0.717) is 24.8 Å². The number of rotatable bonds is 6. The van der Waals surface area contributed by atoms with Gasteiger partial charge in [0.25, 0.3) is 0 Å². The number of ether oxygens (including phenoxy) is 1. The molecule has 3 heterocycles. The van der Waals surface area contributed by atoms with Gasteiger partial charge in [-0.2, -0.15) is 0 Å². The zero-order valence-corrected chi connectivity index (χ0v) is 15.2. The van der Waals surface area contributed by atoms with Crippen molar-refractivity contribution in [1.82, 2.24) is 15.6 Å². The number of carbonyl (C=O) groups is 1. The van der Waals surface area contributed by atoms with Crippen LogP contribution in [-0.2, 0) is 16.1 Å². The Morgan fingerprint density at radius 3 is 3.08 bits per heavy atom. The summed E-state index contributed by atoms with van der Waals surface area (Å²) in [5.74, 6) is 2.15. The third kappa shape index (κ3) is 5.41. The average molecular weight is 346 g/mol. The maximum atomic E-state index is 12.3. The van der Waals surface area contributed by atoms with Gasteiger partial charge in [-0.05, 0) is 55.5 Å². The summed E-state index contributed by atoms with van der Waals surface area (Å²) in [7, 11) is 0. The second-order valence-corrected chi connectivity index (χ2v) is 7.19. The standard InChI is InChI=1S/C19H30N4O2/c1-15(17-3-2-5-20-14-17)11-19(24)22-13-16-4-6-21-18(12-16)23-7-9-25-10-8-23/h4,6,12,15,17,20H,2-3,5,7-11,13-14H2,1H3,(H,22,24). The van der Waals surface area contributed by atoms with E-state index < -0.39 is 0 Å². The molecule has 2 N–H and O–H groups in total. The Morgan fingerprint density at radius 2 is 2.32 bits per heavy atom. The molecule has 2 fully saturated rings. The number of hydrogen-bond donors (Lipinski definition) is 2. The molecule has 0 radical (unpaired) electrons. The second kappa shape index (κ2) is 9.15. The van der Waals surface area contributed by atoms with Crippen molar-refractivity contribution in [1.29, 1.82) is 0 Å². The highest BCUT2D eigenvalue weighted by Gasteiger charge is 2.22. The van der Waals surface area contributed by atoms with Crippen LogP contribution in [0.4, 0.5) is 5.82 Å². The Hall–Kier alpha value is -1.66. The normalized spacial score (nSPS) is 22.4. The van der Waals surface area contributed by atoms with E-state index in [0.717, 1.165) is 50.8 Å². The van der Waals surface area contributed by atoms with E-state index in [9.17, 15) is 4.79 Å². The fourth-order valence-electron chi connectivity index (χ4n) is 3.63. The first-order valence-corrected chi connectivity index (χ1v) is 9.47. The monoisotopic (exact) mass is 346 g/mol. The van der Waals surface area contributed by atoms with Gasteiger partial charge in [-0.25, -0.2) is 4.98 Å². The summed E-state index contributed by atoms with van der Waals surface area (Å²) in [5.41, 5.74) is 1.09. The van der Waals surface area contributed by atoms with Crippen LogP contribution in [0.1, 0.15) is 31.7 Å². The van der Waals surface area contributed by atoms with E-state index in [-0.39, 0.29) is 5.91 Å². The molecule has 3 rings (SSSR count). The molecule has 2 atom stereocenters. The molecule has 6 nitrogen and oxygen atoms in total. The van der Waals surface area contributed by atoms with Gasteiger partial charge in [-0.3, -0.25) is 4.79 Å². The summed E-state index contributed by atoms with van der Waals surface area (Å²) in [5, 5.41) is 6.50. The predicted molar refractivity (Wildman–Crippen MR) is 98.5 cm³/mol. The van der Waals surface area contributed by atoms with Crippen molar-refractivity contribution in [3.05, 3.63) is 23.9 Å². The van der Waals surface area contributed by atoms with Crippen LogP contribution in [-0.4, -0.2) is 50.3 Å². The minimum absolute atomic E-state index is 0.141. The first kappa shape index (κ1) is 18.1. The van der Waals surface area contributed by atoms with Gasteiger partial charge in [-0.15, -0.1) is 0 Å². The first-order chi connectivity index (χ1) is 12.2. The lowest BCUT2D eigenvalue weighted by Crippen LogP contribution is -2.37. The molecule has 25 heavy (non-hydrogen) atoms. The van der Waals surface area contributed by atoms with Crippen molar-refractivity contribution in [3.63, 3.8) is 0 Å². The zero-order chi connectivity index (χ0) is 17.5. The van der Waals surface area contributed by atoms with Gasteiger partial charge in [0.1, 0.15) is 5.82 Å². The quantitative estimate of drug-likeness (QED) is 0.818. The maximum absolute atomic E-state index is 12.3. The van der Waals surface area contributed by atoms with Crippen LogP contribution >= 0.6 is 0 Å². The number of piperidine rings is 1. The second-order valence-electron chi connectivity index (χ2n) is 7.19. The van der Waals surface area contributed by atoms with Crippen molar-refractivity contribution in [2.75, 3.05) is 44.3 Å². The Labute approximate surface area is 150 Å². The van der Waals surface area contributed by atoms with Gasteiger partial charge in [0.15, 0.2) is 0 Å². The largest absolute Gasteiger partial charge is 0.378 e. The summed E-state index contributed by atoms with van der Waals surface area (Å²) >= 11 is 0. The van der Waals surface area contributed by atoms with Crippen LogP contribution in [0.2, 0.25) is 0 Å². The lowest BCUT2D eigenvalue weighted by atomic mass is 9.85.